The molecule has 1 rings (SSSR count). The van der Waals surface area contributed by atoms with E-state index in [0.717, 1.165) is 5.56 Å². The van der Waals surface area contributed by atoms with E-state index < -0.39 is 5.37 Å². The Hall–Kier alpha value is -0.930. The lowest BCUT2D eigenvalue weighted by atomic mass is 10.1. The van der Waals surface area contributed by atoms with Crippen LogP contribution < -0.4 is 10.1 Å². The highest BCUT2D eigenvalue weighted by atomic mass is 35.5. The Bertz CT molecular complexity index is 369. The van der Waals surface area contributed by atoms with E-state index in [1.165, 1.54) is 0 Å². The maximum Gasteiger partial charge on any atom is 0.313 e. The lowest BCUT2D eigenvalue weighted by molar-refractivity contribution is 0.260. The molecule has 5 heteroatoms. The third-order valence-electron chi connectivity index (χ3n) is 1.97. The predicted octanol–water partition coefficient (Wildman–Crippen LogP) is 3.23. The zero-order valence-corrected chi connectivity index (χ0v) is 10.4. The van der Waals surface area contributed by atoms with Crippen LogP contribution in [-0.2, 0) is 6.42 Å². The lowest BCUT2D eigenvalue weighted by Gasteiger charge is -2.07. The molecule has 0 fully saturated rings. The molecule has 1 amide bonds. The first kappa shape index (κ1) is 13.1. The average molecular weight is 262 g/mol. The average Bonchev–Trinajstić information content (AvgIpc) is 2.21. The smallest absolute Gasteiger partial charge is 0.313 e. The van der Waals surface area contributed by atoms with E-state index in [4.69, 9.17) is 27.9 Å². The molecule has 0 saturated carbocycles. The van der Waals surface area contributed by atoms with E-state index in [2.05, 4.69) is 5.32 Å². The standard InChI is InChI=1S/C11H13Cl2NO2/c1-2-16-10-4-3-8(7-9(10)12)5-6-14-11(13)15/h3-4,7H,2,5-6H2,1H3,(H,14,15). The maximum absolute atomic E-state index is 10.4. The Balaban J connectivity index is 2.55. The molecule has 0 saturated heterocycles. The van der Waals surface area contributed by atoms with Crippen LogP contribution in [0, 0.1) is 0 Å². The molecule has 0 heterocycles. The highest BCUT2D eigenvalue weighted by molar-refractivity contribution is 6.62. The normalized spacial score (nSPS) is 9.94. The molecular formula is C11H13Cl2NO2. The monoisotopic (exact) mass is 261 g/mol. The molecule has 0 aliphatic heterocycles. The Labute approximate surface area is 105 Å². The van der Waals surface area contributed by atoms with Crippen LogP contribution in [0.3, 0.4) is 0 Å². The maximum atomic E-state index is 10.4. The highest BCUT2D eigenvalue weighted by Gasteiger charge is 2.02. The molecule has 0 radical (unpaired) electrons. The van der Waals surface area contributed by atoms with Gasteiger partial charge in [-0.05, 0) is 42.6 Å². The molecule has 1 aromatic carbocycles. The first-order valence-electron chi connectivity index (χ1n) is 4.98. The van der Waals surface area contributed by atoms with Gasteiger partial charge >= 0.3 is 5.37 Å². The molecule has 1 N–H and O–H groups in total. The van der Waals surface area contributed by atoms with Crippen LogP contribution in [0.1, 0.15) is 12.5 Å². The molecule has 88 valence electrons. The van der Waals surface area contributed by atoms with Crippen molar-refractivity contribution in [3.63, 3.8) is 0 Å². The molecule has 0 bridgehead atoms. The number of benzene rings is 1. The molecule has 3 nitrogen and oxygen atoms in total. The Morgan fingerprint density at radius 1 is 1.50 bits per heavy atom. The zero-order valence-electron chi connectivity index (χ0n) is 8.93. The lowest BCUT2D eigenvalue weighted by Crippen LogP contribution is -2.19. The molecule has 0 atom stereocenters. The molecule has 0 aromatic heterocycles. The Kier molecular flexibility index (Phi) is 5.43. The van der Waals surface area contributed by atoms with Gasteiger partial charge in [0.15, 0.2) is 0 Å². The van der Waals surface area contributed by atoms with Crippen molar-refractivity contribution in [2.75, 3.05) is 13.2 Å². The number of hydrogen-bond acceptors (Lipinski definition) is 2. The van der Waals surface area contributed by atoms with Crippen molar-refractivity contribution >= 4 is 28.6 Å². The van der Waals surface area contributed by atoms with E-state index in [1.807, 2.05) is 25.1 Å². The van der Waals surface area contributed by atoms with E-state index in [1.54, 1.807) is 0 Å². The van der Waals surface area contributed by atoms with E-state index in [-0.39, 0.29) is 0 Å². The van der Waals surface area contributed by atoms with Gasteiger partial charge in [0.1, 0.15) is 5.75 Å². The van der Waals surface area contributed by atoms with Crippen molar-refractivity contribution in [1.29, 1.82) is 0 Å². The topological polar surface area (TPSA) is 38.3 Å². The summed E-state index contributed by atoms with van der Waals surface area (Å²) in [6.45, 7) is 2.98. The predicted molar refractivity (Wildman–Crippen MR) is 65.6 cm³/mol. The van der Waals surface area contributed by atoms with Crippen molar-refractivity contribution in [3.05, 3.63) is 28.8 Å². The number of halogens is 2. The number of carbonyl (C=O) groups excluding carboxylic acids is 1. The second kappa shape index (κ2) is 6.61. The second-order valence-corrected chi connectivity index (χ2v) is 3.90. The minimum absolute atomic E-state index is 0.493. The molecule has 1 aromatic rings. The zero-order chi connectivity index (χ0) is 12.0. The molecule has 0 unspecified atom stereocenters. The summed E-state index contributed by atoms with van der Waals surface area (Å²) in [5.74, 6) is 0.675. The van der Waals surface area contributed by atoms with E-state index >= 15 is 0 Å². The van der Waals surface area contributed by atoms with Crippen molar-refractivity contribution in [2.24, 2.45) is 0 Å². The van der Waals surface area contributed by atoms with Gasteiger partial charge in [-0.3, -0.25) is 4.79 Å². The molecule has 16 heavy (non-hydrogen) atoms. The minimum atomic E-state index is -0.544. The first-order chi connectivity index (χ1) is 7.63. The van der Waals surface area contributed by atoms with Gasteiger partial charge in [0.05, 0.1) is 11.6 Å². The fourth-order valence-electron chi connectivity index (χ4n) is 1.28. The number of hydrogen-bond donors (Lipinski definition) is 1. The van der Waals surface area contributed by atoms with Gasteiger partial charge in [-0.2, -0.15) is 0 Å². The summed E-state index contributed by atoms with van der Waals surface area (Å²) in [6, 6.07) is 5.56. The fraction of sp³-hybridized carbons (Fsp3) is 0.364. The number of carbonyl (C=O) groups is 1. The largest absolute Gasteiger partial charge is 0.492 e. The van der Waals surface area contributed by atoms with Gasteiger partial charge in [0.25, 0.3) is 0 Å². The number of ether oxygens (including phenoxy) is 1. The second-order valence-electron chi connectivity index (χ2n) is 3.15. The SMILES string of the molecule is CCOc1ccc(CCNC(=O)Cl)cc1Cl. The summed E-state index contributed by atoms with van der Waals surface area (Å²) in [5, 5.41) is 2.54. The highest BCUT2D eigenvalue weighted by Crippen LogP contribution is 2.25. The van der Waals surface area contributed by atoms with Crippen LogP contribution in [0.5, 0.6) is 5.75 Å². The number of nitrogens with one attached hydrogen (secondary N) is 1. The Morgan fingerprint density at radius 2 is 2.25 bits per heavy atom. The van der Waals surface area contributed by atoms with Crippen LogP contribution in [0.25, 0.3) is 0 Å². The van der Waals surface area contributed by atoms with Gasteiger partial charge in [-0.1, -0.05) is 17.7 Å². The van der Waals surface area contributed by atoms with Crippen LogP contribution in [0.15, 0.2) is 18.2 Å². The van der Waals surface area contributed by atoms with Crippen LogP contribution in [0.4, 0.5) is 4.79 Å². The van der Waals surface area contributed by atoms with Gasteiger partial charge in [0, 0.05) is 6.54 Å². The summed E-state index contributed by atoms with van der Waals surface area (Å²) in [7, 11) is 0. The van der Waals surface area contributed by atoms with Gasteiger partial charge in [-0.15, -0.1) is 0 Å². The minimum Gasteiger partial charge on any atom is -0.492 e. The third-order valence-corrected chi connectivity index (χ3v) is 2.40. The van der Waals surface area contributed by atoms with Crippen molar-refractivity contribution < 1.29 is 9.53 Å². The summed E-state index contributed by atoms with van der Waals surface area (Å²) in [5.41, 5.74) is 1.03. The molecule has 0 aliphatic carbocycles. The van der Waals surface area contributed by atoms with Crippen LogP contribution in [0.2, 0.25) is 5.02 Å². The van der Waals surface area contributed by atoms with Crippen molar-refractivity contribution in [1.82, 2.24) is 5.32 Å². The summed E-state index contributed by atoms with van der Waals surface area (Å²) < 4.78 is 5.31. The number of amides is 1. The van der Waals surface area contributed by atoms with Gasteiger partial charge in [-0.25, -0.2) is 0 Å². The summed E-state index contributed by atoms with van der Waals surface area (Å²) >= 11 is 11.2. The molecule has 0 aliphatic rings. The van der Waals surface area contributed by atoms with Gasteiger partial charge in [0.2, 0.25) is 0 Å². The summed E-state index contributed by atoms with van der Waals surface area (Å²) in [4.78, 5) is 10.4. The molecule has 0 spiro atoms. The molecular weight excluding hydrogens is 249 g/mol. The third kappa shape index (κ3) is 4.29. The summed E-state index contributed by atoms with van der Waals surface area (Å²) in [6.07, 6.45) is 0.685. The van der Waals surface area contributed by atoms with Crippen molar-refractivity contribution in [3.8, 4) is 5.75 Å². The van der Waals surface area contributed by atoms with E-state index in [9.17, 15) is 4.79 Å². The van der Waals surface area contributed by atoms with Crippen LogP contribution in [-0.4, -0.2) is 18.5 Å². The number of rotatable bonds is 5. The van der Waals surface area contributed by atoms with E-state index in [0.29, 0.717) is 30.3 Å². The quantitative estimate of drug-likeness (QED) is 0.653. The van der Waals surface area contributed by atoms with Crippen molar-refractivity contribution in [2.45, 2.75) is 13.3 Å². The fourth-order valence-corrected chi connectivity index (χ4v) is 1.63. The van der Waals surface area contributed by atoms with Gasteiger partial charge < -0.3 is 10.1 Å². The Morgan fingerprint density at radius 3 is 2.81 bits per heavy atom. The van der Waals surface area contributed by atoms with Crippen LogP contribution >= 0.6 is 23.2 Å². The first-order valence-corrected chi connectivity index (χ1v) is 5.73.